The SMILES string of the molecule is CCCCC/C=C\C[C@H](O)/C=C/[C@@H]1[C@H](O)CC(=O)[C@@H]1CCCC(=O)O. The molecule has 5 heteroatoms. The molecule has 0 aromatic heterocycles. The van der Waals surface area contributed by atoms with Gasteiger partial charge in [-0.05, 0) is 32.1 Å². The predicted molar refractivity (Wildman–Crippen MR) is 97.1 cm³/mol. The molecule has 1 fully saturated rings. The van der Waals surface area contributed by atoms with E-state index in [9.17, 15) is 19.8 Å². The molecule has 1 aliphatic rings. The summed E-state index contributed by atoms with van der Waals surface area (Å²) in [7, 11) is 0. The minimum atomic E-state index is -0.876. The molecule has 0 aromatic rings. The fourth-order valence-corrected chi connectivity index (χ4v) is 3.27. The van der Waals surface area contributed by atoms with Crippen molar-refractivity contribution in [3.8, 4) is 0 Å². The summed E-state index contributed by atoms with van der Waals surface area (Å²) in [6.07, 6.45) is 12.2. The van der Waals surface area contributed by atoms with Gasteiger partial charge in [0, 0.05) is 24.7 Å². The number of hydrogen-bond acceptors (Lipinski definition) is 4. The molecule has 142 valence electrons. The van der Waals surface area contributed by atoms with Crippen LogP contribution in [0.15, 0.2) is 24.3 Å². The van der Waals surface area contributed by atoms with E-state index in [-0.39, 0.29) is 30.5 Å². The van der Waals surface area contributed by atoms with Gasteiger partial charge in [-0.1, -0.05) is 44.1 Å². The third-order valence-electron chi connectivity index (χ3n) is 4.71. The number of allylic oxidation sites excluding steroid dienone is 1. The van der Waals surface area contributed by atoms with E-state index in [1.807, 2.05) is 6.08 Å². The second kappa shape index (κ2) is 12.0. The van der Waals surface area contributed by atoms with Gasteiger partial charge >= 0.3 is 5.97 Å². The molecular weight excluding hydrogens is 320 g/mol. The fourth-order valence-electron chi connectivity index (χ4n) is 3.27. The number of carboxylic acid groups (broad SMARTS) is 1. The largest absolute Gasteiger partial charge is 0.481 e. The lowest BCUT2D eigenvalue weighted by Gasteiger charge is -2.17. The normalized spacial score (nSPS) is 25.2. The van der Waals surface area contributed by atoms with Gasteiger partial charge in [0.2, 0.25) is 0 Å². The average Bonchev–Trinajstić information content (AvgIpc) is 2.82. The zero-order valence-corrected chi connectivity index (χ0v) is 15.1. The Balaban J connectivity index is 2.45. The van der Waals surface area contributed by atoms with Gasteiger partial charge in [-0.25, -0.2) is 0 Å². The fraction of sp³-hybridized carbons (Fsp3) is 0.700. The van der Waals surface area contributed by atoms with Crippen molar-refractivity contribution in [2.75, 3.05) is 0 Å². The Kier molecular flexibility index (Phi) is 10.3. The lowest BCUT2D eigenvalue weighted by molar-refractivity contribution is -0.137. The van der Waals surface area contributed by atoms with Crippen molar-refractivity contribution >= 4 is 11.8 Å². The van der Waals surface area contributed by atoms with Gasteiger partial charge in [-0.2, -0.15) is 0 Å². The van der Waals surface area contributed by atoms with Gasteiger partial charge in [0.25, 0.3) is 0 Å². The van der Waals surface area contributed by atoms with Crippen LogP contribution in [0, 0.1) is 11.8 Å². The standard InChI is InChI=1S/C20H32O5/c1-2-3-4-5-6-7-9-15(21)12-13-17-16(10-8-11-20(24)25)18(22)14-19(17)23/h6-7,12-13,15-17,19,21,23H,2-5,8-11,14H2,1H3,(H,24,25)/b7-6-,13-12+/t15-,16+,17-,19+/m0/s1. The zero-order chi connectivity index (χ0) is 18.7. The quantitative estimate of drug-likeness (QED) is 0.370. The molecule has 0 bridgehead atoms. The van der Waals surface area contributed by atoms with Gasteiger partial charge in [0.1, 0.15) is 5.78 Å². The molecule has 0 aromatic carbocycles. The van der Waals surface area contributed by atoms with Crippen LogP contribution in [0.4, 0.5) is 0 Å². The maximum Gasteiger partial charge on any atom is 0.303 e. The second-order valence-electron chi connectivity index (χ2n) is 6.86. The van der Waals surface area contributed by atoms with E-state index in [0.717, 1.165) is 12.8 Å². The Morgan fingerprint density at radius 1 is 1.28 bits per heavy atom. The highest BCUT2D eigenvalue weighted by molar-refractivity contribution is 5.84. The Bertz CT molecular complexity index is 469. The summed E-state index contributed by atoms with van der Waals surface area (Å²) in [4.78, 5) is 22.6. The molecule has 4 atom stereocenters. The van der Waals surface area contributed by atoms with Crippen molar-refractivity contribution in [2.24, 2.45) is 11.8 Å². The van der Waals surface area contributed by atoms with Gasteiger partial charge in [-0.3, -0.25) is 9.59 Å². The summed E-state index contributed by atoms with van der Waals surface area (Å²) in [5.41, 5.74) is 0. The first-order chi connectivity index (χ1) is 12.0. The second-order valence-corrected chi connectivity index (χ2v) is 6.86. The molecule has 1 saturated carbocycles. The number of aliphatic hydroxyl groups is 2. The van der Waals surface area contributed by atoms with Crippen LogP contribution in [0.3, 0.4) is 0 Å². The summed E-state index contributed by atoms with van der Waals surface area (Å²) in [6.45, 7) is 2.16. The van der Waals surface area contributed by atoms with E-state index in [0.29, 0.717) is 19.3 Å². The third kappa shape index (κ3) is 8.45. The van der Waals surface area contributed by atoms with E-state index in [1.165, 1.54) is 12.8 Å². The highest BCUT2D eigenvalue weighted by Gasteiger charge is 2.39. The summed E-state index contributed by atoms with van der Waals surface area (Å²) >= 11 is 0. The van der Waals surface area contributed by atoms with Crippen LogP contribution < -0.4 is 0 Å². The summed E-state index contributed by atoms with van der Waals surface area (Å²) in [5, 5.41) is 28.8. The monoisotopic (exact) mass is 352 g/mol. The molecule has 25 heavy (non-hydrogen) atoms. The number of aliphatic hydroxyl groups excluding tert-OH is 2. The minimum Gasteiger partial charge on any atom is -0.481 e. The lowest BCUT2D eigenvalue weighted by Crippen LogP contribution is -2.19. The summed E-state index contributed by atoms with van der Waals surface area (Å²) in [6, 6.07) is 0. The molecule has 0 heterocycles. The number of aliphatic carboxylic acids is 1. The number of carbonyl (C=O) groups is 2. The van der Waals surface area contributed by atoms with Gasteiger partial charge in [0.15, 0.2) is 0 Å². The third-order valence-corrected chi connectivity index (χ3v) is 4.71. The first kappa shape index (κ1) is 21.6. The maximum atomic E-state index is 12.0. The number of carbonyl (C=O) groups excluding carboxylic acids is 1. The highest BCUT2D eigenvalue weighted by Crippen LogP contribution is 2.34. The van der Waals surface area contributed by atoms with Crippen molar-refractivity contribution in [2.45, 2.75) is 76.9 Å². The van der Waals surface area contributed by atoms with Crippen molar-refractivity contribution in [3.63, 3.8) is 0 Å². The number of unbranched alkanes of at least 4 members (excludes halogenated alkanes) is 3. The van der Waals surface area contributed by atoms with E-state index in [1.54, 1.807) is 12.2 Å². The minimum absolute atomic E-state index is 0.0159. The number of hydrogen-bond donors (Lipinski definition) is 3. The van der Waals surface area contributed by atoms with Gasteiger partial charge in [-0.15, -0.1) is 0 Å². The Labute approximate surface area is 150 Å². The van der Waals surface area contributed by atoms with Crippen LogP contribution in [0.1, 0.15) is 64.7 Å². The molecule has 0 unspecified atom stereocenters. The van der Waals surface area contributed by atoms with E-state index in [2.05, 4.69) is 13.0 Å². The number of carboxylic acids is 1. The highest BCUT2D eigenvalue weighted by atomic mass is 16.4. The first-order valence-electron chi connectivity index (χ1n) is 9.39. The molecule has 1 aliphatic carbocycles. The van der Waals surface area contributed by atoms with E-state index < -0.39 is 18.2 Å². The molecule has 0 saturated heterocycles. The van der Waals surface area contributed by atoms with Crippen molar-refractivity contribution in [1.82, 2.24) is 0 Å². The molecule has 0 radical (unpaired) electrons. The van der Waals surface area contributed by atoms with Gasteiger partial charge in [0.05, 0.1) is 12.2 Å². The van der Waals surface area contributed by atoms with Crippen LogP contribution in [0.5, 0.6) is 0 Å². The predicted octanol–water partition coefficient (Wildman–Crippen LogP) is 3.25. The summed E-state index contributed by atoms with van der Waals surface area (Å²) < 4.78 is 0. The molecule has 0 aliphatic heterocycles. The molecule has 0 spiro atoms. The lowest BCUT2D eigenvalue weighted by atomic mass is 9.89. The Morgan fingerprint density at radius 2 is 2.04 bits per heavy atom. The number of Topliss-reactive ketones (excluding diaryl/α,β-unsaturated/α-hetero) is 1. The van der Waals surface area contributed by atoms with Crippen LogP contribution >= 0.6 is 0 Å². The molecule has 1 rings (SSSR count). The summed E-state index contributed by atoms with van der Waals surface area (Å²) in [5.74, 6) is -1.57. The Morgan fingerprint density at radius 3 is 2.72 bits per heavy atom. The van der Waals surface area contributed by atoms with Crippen molar-refractivity contribution in [1.29, 1.82) is 0 Å². The van der Waals surface area contributed by atoms with Crippen molar-refractivity contribution in [3.05, 3.63) is 24.3 Å². The first-order valence-corrected chi connectivity index (χ1v) is 9.39. The van der Waals surface area contributed by atoms with Crippen LogP contribution in [-0.4, -0.2) is 39.3 Å². The molecule has 5 nitrogen and oxygen atoms in total. The Hall–Kier alpha value is -1.46. The van der Waals surface area contributed by atoms with E-state index >= 15 is 0 Å². The smallest absolute Gasteiger partial charge is 0.303 e. The molecule has 0 amide bonds. The van der Waals surface area contributed by atoms with Gasteiger partial charge < -0.3 is 15.3 Å². The van der Waals surface area contributed by atoms with Crippen LogP contribution in [0.2, 0.25) is 0 Å². The number of ketones is 1. The van der Waals surface area contributed by atoms with Crippen LogP contribution in [-0.2, 0) is 9.59 Å². The van der Waals surface area contributed by atoms with E-state index in [4.69, 9.17) is 5.11 Å². The van der Waals surface area contributed by atoms with Crippen LogP contribution in [0.25, 0.3) is 0 Å². The maximum absolute atomic E-state index is 12.0. The molecular formula is C20H32O5. The average molecular weight is 352 g/mol. The van der Waals surface area contributed by atoms with Crippen molar-refractivity contribution < 1.29 is 24.9 Å². The number of rotatable bonds is 12. The molecule has 3 N–H and O–H groups in total. The topological polar surface area (TPSA) is 94.8 Å². The zero-order valence-electron chi connectivity index (χ0n) is 15.1.